The first-order chi connectivity index (χ1) is 14.4. The number of halogens is 2. The standard InChI is InChI=1S/C24H30F2O4/c1-15-16(7-6-10-20(15)28-2)13-22(30-18-8-4-5-9-18)23(27)17-11-12-19(24(25)26)21(14-17)29-3/h6-7,10-12,14,18,22-24,27H,4-5,8-9,13H2,1-3H3/t22-,23+/m0/s1. The zero-order valence-electron chi connectivity index (χ0n) is 17.7. The molecule has 0 heterocycles. The summed E-state index contributed by atoms with van der Waals surface area (Å²) in [5, 5.41) is 11.2. The zero-order valence-corrected chi connectivity index (χ0v) is 17.7. The van der Waals surface area contributed by atoms with Gasteiger partial charge in [0.2, 0.25) is 0 Å². The lowest BCUT2D eigenvalue weighted by atomic mass is 9.94. The lowest BCUT2D eigenvalue weighted by Gasteiger charge is -2.28. The van der Waals surface area contributed by atoms with Crippen LogP contribution in [0.25, 0.3) is 0 Å². The van der Waals surface area contributed by atoms with Crippen molar-refractivity contribution in [3.63, 3.8) is 0 Å². The van der Waals surface area contributed by atoms with Crippen molar-refractivity contribution in [2.24, 2.45) is 0 Å². The van der Waals surface area contributed by atoms with Crippen LogP contribution in [0.4, 0.5) is 8.78 Å². The van der Waals surface area contributed by atoms with Gasteiger partial charge in [-0.2, -0.15) is 0 Å². The van der Waals surface area contributed by atoms with Crippen LogP contribution in [0.3, 0.4) is 0 Å². The molecule has 0 unspecified atom stereocenters. The van der Waals surface area contributed by atoms with Crippen LogP contribution in [-0.4, -0.2) is 31.5 Å². The topological polar surface area (TPSA) is 47.9 Å². The highest BCUT2D eigenvalue weighted by molar-refractivity contribution is 5.41. The Hall–Kier alpha value is -2.18. The van der Waals surface area contributed by atoms with Crippen molar-refractivity contribution in [3.05, 3.63) is 58.7 Å². The molecule has 1 saturated carbocycles. The van der Waals surface area contributed by atoms with E-state index in [1.165, 1.54) is 25.3 Å². The molecule has 0 amide bonds. The maximum Gasteiger partial charge on any atom is 0.267 e. The van der Waals surface area contributed by atoms with E-state index in [9.17, 15) is 13.9 Å². The van der Waals surface area contributed by atoms with E-state index in [0.29, 0.717) is 12.0 Å². The highest BCUT2D eigenvalue weighted by atomic mass is 19.3. The minimum absolute atomic E-state index is 0.0683. The summed E-state index contributed by atoms with van der Waals surface area (Å²) in [4.78, 5) is 0. The van der Waals surface area contributed by atoms with E-state index in [-0.39, 0.29) is 17.4 Å². The Balaban J connectivity index is 1.89. The first kappa shape index (κ1) is 22.5. The number of methoxy groups -OCH3 is 2. The van der Waals surface area contributed by atoms with Gasteiger partial charge in [0.25, 0.3) is 6.43 Å². The van der Waals surface area contributed by atoms with Gasteiger partial charge in [0.05, 0.1) is 32.0 Å². The van der Waals surface area contributed by atoms with Gasteiger partial charge in [-0.25, -0.2) is 8.78 Å². The molecule has 1 aliphatic carbocycles. The maximum absolute atomic E-state index is 13.2. The van der Waals surface area contributed by atoms with Crippen molar-refractivity contribution in [2.75, 3.05) is 14.2 Å². The van der Waals surface area contributed by atoms with E-state index in [2.05, 4.69) is 0 Å². The Morgan fingerprint density at radius 2 is 1.73 bits per heavy atom. The summed E-state index contributed by atoms with van der Waals surface area (Å²) in [6, 6.07) is 10.1. The first-order valence-electron chi connectivity index (χ1n) is 10.4. The molecule has 3 rings (SSSR count). The third-order valence-corrected chi connectivity index (χ3v) is 5.89. The Morgan fingerprint density at radius 3 is 2.37 bits per heavy atom. The molecular weight excluding hydrogens is 390 g/mol. The summed E-state index contributed by atoms with van der Waals surface area (Å²) in [6.07, 6.45) is 0.610. The van der Waals surface area contributed by atoms with Gasteiger partial charge >= 0.3 is 0 Å². The van der Waals surface area contributed by atoms with Crippen molar-refractivity contribution >= 4 is 0 Å². The second-order valence-electron chi connectivity index (χ2n) is 7.78. The van der Waals surface area contributed by atoms with Crippen molar-refractivity contribution in [2.45, 2.75) is 63.8 Å². The quantitative estimate of drug-likeness (QED) is 0.578. The number of hydrogen-bond acceptors (Lipinski definition) is 4. The number of alkyl halides is 2. The fourth-order valence-electron chi connectivity index (χ4n) is 4.13. The molecule has 0 saturated heterocycles. The first-order valence-corrected chi connectivity index (χ1v) is 10.4. The van der Waals surface area contributed by atoms with Crippen molar-refractivity contribution in [3.8, 4) is 11.5 Å². The molecule has 4 nitrogen and oxygen atoms in total. The zero-order chi connectivity index (χ0) is 21.7. The van der Waals surface area contributed by atoms with Crippen LogP contribution in [0.5, 0.6) is 11.5 Å². The fourth-order valence-corrected chi connectivity index (χ4v) is 4.13. The largest absolute Gasteiger partial charge is 0.496 e. The van der Waals surface area contributed by atoms with Crippen LogP contribution < -0.4 is 9.47 Å². The predicted molar refractivity (Wildman–Crippen MR) is 111 cm³/mol. The SMILES string of the molecule is COc1cc([C@@H](O)[C@H](Cc2cccc(OC)c2C)OC2CCCC2)ccc1C(F)F. The molecule has 0 bridgehead atoms. The minimum Gasteiger partial charge on any atom is -0.496 e. The summed E-state index contributed by atoms with van der Waals surface area (Å²) >= 11 is 0. The molecule has 30 heavy (non-hydrogen) atoms. The van der Waals surface area contributed by atoms with Gasteiger partial charge in [0.15, 0.2) is 0 Å². The van der Waals surface area contributed by atoms with Gasteiger partial charge in [-0.15, -0.1) is 0 Å². The number of aliphatic hydroxyl groups excluding tert-OH is 1. The fraction of sp³-hybridized carbons (Fsp3) is 0.500. The van der Waals surface area contributed by atoms with E-state index < -0.39 is 18.6 Å². The normalized spacial score (nSPS) is 16.6. The second kappa shape index (κ2) is 10.2. The van der Waals surface area contributed by atoms with Crippen LogP contribution in [-0.2, 0) is 11.2 Å². The van der Waals surface area contributed by atoms with E-state index in [4.69, 9.17) is 14.2 Å². The summed E-state index contributed by atoms with van der Waals surface area (Å²) in [5.74, 6) is 0.850. The second-order valence-corrected chi connectivity index (χ2v) is 7.78. The molecule has 0 spiro atoms. The monoisotopic (exact) mass is 420 g/mol. The van der Waals surface area contributed by atoms with Crippen molar-refractivity contribution in [1.82, 2.24) is 0 Å². The molecule has 2 atom stereocenters. The van der Waals surface area contributed by atoms with Crippen molar-refractivity contribution < 1.29 is 28.1 Å². The number of aliphatic hydroxyl groups is 1. The highest BCUT2D eigenvalue weighted by Gasteiger charge is 2.29. The average Bonchev–Trinajstić information content (AvgIpc) is 3.26. The average molecular weight is 420 g/mol. The van der Waals surface area contributed by atoms with E-state index in [1.54, 1.807) is 7.11 Å². The molecule has 0 aliphatic heterocycles. The summed E-state index contributed by atoms with van der Waals surface area (Å²) < 4.78 is 43.3. The molecule has 1 N–H and O–H groups in total. The van der Waals surface area contributed by atoms with Crippen molar-refractivity contribution in [1.29, 1.82) is 0 Å². The number of hydrogen-bond donors (Lipinski definition) is 1. The highest BCUT2D eigenvalue weighted by Crippen LogP contribution is 2.35. The molecule has 1 aliphatic rings. The van der Waals surface area contributed by atoms with Crippen LogP contribution in [0, 0.1) is 6.92 Å². The van der Waals surface area contributed by atoms with Gasteiger partial charge in [-0.3, -0.25) is 0 Å². The summed E-state index contributed by atoms with van der Waals surface area (Å²) in [5.41, 5.74) is 2.33. The van der Waals surface area contributed by atoms with E-state index >= 15 is 0 Å². The molecule has 0 aromatic heterocycles. The summed E-state index contributed by atoms with van der Waals surface area (Å²) in [6.45, 7) is 1.98. The van der Waals surface area contributed by atoms with E-state index in [1.807, 2.05) is 25.1 Å². The van der Waals surface area contributed by atoms with Gasteiger partial charge < -0.3 is 19.3 Å². The van der Waals surface area contributed by atoms with E-state index in [0.717, 1.165) is 42.6 Å². The van der Waals surface area contributed by atoms with Gasteiger partial charge in [0, 0.05) is 6.42 Å². The Kier molecular flexibility index (Phi) is 7.67. The molecule has 0 radical (unpaired) electrons. The minimum atomic E-state index is -2.64. The van der Waals surface area contributed by atoms with Gasteiger partial charge in [-0.1, -0.05) is 31.0 Å². The molecule has 2 aromatic rings. The van der Waals surface area contributed by atoms with Crippen LogP contribution in [0.15, 0.2) is 36.4 Å². The summed E-state index contributed by atoms with van der Waals surface area (Å²) in [7, 11) is 2.98. The smallest absolute Gasteiger partial charge is 0.267 e. The Bertz CT molecular complexity index is 834. The van der Waals surface area contributed by atoms with Crippen LogP contribution in [0.2, 0.25) is 0 Å². The Morgan fingerprint density at radius 1 is 1.03 bits per heavy atom. The molecule has 2 aromatic carbocycles. The molecule has 6 heteroatoms. The van der Waals surface area contributed by atoms with Crippen LogP contribution in [0.1, 0.15) is 60.5 Å². The molecule has 164 valence electrons. The number of benzene rings is 2. The van der Waals surface area contributed by atoms with Gasteiger partial charge in [0.1, 0.15) is 17.6 Å². The van der Waals surface area contributed by atoms with Gasteiger partial charge in [-0.05, 0) is 54.7 Å². The molecular formula is C24H30F2O4. The van der Waals surface area contributed by atoms with Crippen LogP contribution >= 0.6 is 0 Å². The lowest BCUT2D eigenvalue weighted by molar-refractivity contribution is -0.0754. The third kappa shape index (κ3) is 5.10. The maximum atomic E-state index is 13.2. The lowest BCUT2D eigenvalue weighted by Crippen LogP contribution is -2.29. The predicted octanol–water partition coefficient (Wildman–Crippen LogP) is 5.55. The molecule has 1 fully saturated rings. The number of ether oxygens (including phenoxy) is 3. The number of rotatable bonds is 9. The third-order valence-electron chi connectivity index (χ3n) is 5.89. The Labute approximate surface area is 176 Å².